The van der Waals surface area contributed by atoms with Crippen molar-refractivity contribution in [3.8, 4) is 11.8 Å². The van der Waals surface area contributed by atoms with Crippen LogP contribution in [0.5, 0.6) is 5.75 Å². The standard InChI is InChI=1S/C19H26N2O3/c1-13(2)24-16-7-8-17(15(10-16)12-20)21-18(22)19(23-4)9-5-6-14(3)11-19/h7-8,10,13-14H,5-6,9,11H2,1-4H3,(H,21,22). The van der Waals surface area contributed by atoms with Crippen LogP contribution in [-0.4, -0.2) is 24.7 Å². The van der Waals surface area contributed by atoms with E-state index in [1.54, 1.807) is 25.3 Å². The molecule has 2 atom stereocenters. The normalized spacial score (nSPS) is 23.6. The summed E-state index contributed by atoms with van der Waals surface area (Å²) >= 11 is 0. The number of nitrogens with one attached hydrogen (secondary N) is 1. The number of anilines is 1. The fraction of sp³-hybridized carbons (Fsp3) is 0.579. The molecule has 1 aliphatic carbocycles. The molecule has 24 heavy (non-hydrogen) atoms. The maximum absolute atomic E-state index is 12.8. The van der Waals surface area contributed by atoms with E-state index in [4.69, 9.17) is 9.47 Å². The minimum atomic E-state index is -0.808. The SMILES string of the molecule is COC1(C(=O)Nc2ccc(OC(C)C)cc2C#N)CCCC(C)C1. The smallest absolute Gasteiger partial charge is 0.256 e. The van der Waals surface area contributed by atoms with Gasteiger partial charge in [-0.05, 0) is 51.2 Å². The molecule has 2 unspecified atom stereocenters. The van der Waals surface area contributed by atoms with Crippen molar-refractivity contribution in [2.45, 2.75) is 58.2 Å². The highest BCUT2D eigenvalue weighted by Gasteiger charge is 2.42. The van der Waals surface area contributed by atoms with Gasteiger partial charge in [-0.2, -0.15) is 5.26 Å². The summed E-state index contributed by atoms with van der Waals surface area (Å²) in [5, 5.41) is 12.3. The van der Waals surface area contributed by atoms with Crippen molar-refractivity contribution >= 4 is 11.6 Å². The number of nitrogens with zero attached hydrogens (tertiary/aromatic N) is 1. The Morgan fingerprint density at radius 1 is 1.46 bits per heavy atom. The lowest BCUT2D eigenvalue weighted by Gasteiger charge is -2.37. The van der Waals surface area contributed by atoms with E-state index in [1.165, 1.54) is 0 Å². The largest absolute Gasteiger partial charge is 0.491 e. The molecule has 0 spiro atoms. The molecule has 0 aromatic heterocycles. The molecule has 0 saturated heterocycles. The lowest BCUT2D eigenvalue weighted by molar-refractivity contribution is -0.143. The van der Waals surface area contributed by atoms with Crippen molar-refractivity contribution in [2.24, 2.45) is 5.92 Å². The Hall–Kier alpha value is -2.06. The van der Waals surface area contributed by atoms with Crippen LogP contribution in [0.2, 0.25) is 0 Å². The molecule has 2 rings (SSSR count). The van der Waals surface area contributed by atoms with E-state index in [0.717, 1.165) is 12.8 Å². The molecule has 0 heterocycles. The molecule has 1 aromatic carbocycles. The van der Waals surface area contributed by atoms with E-state index < -0.39 is 5.60 Å². The van der Waals surface area contributed by atoms with Gasteiger partial charge >= 0.3 is 0 Å². The van der Waals surface area contributed by atoms with Gasteiger partial charge in [0.15, 0.2) is 0 Å². The van der Waals surface area contributed by atoms with Crippen LogP contribution in [0.25, 0.3) is 0 Å². The summed E-state index contributed by atoms with van der Waals surface area (Å²) in [6.45, 7) is 5.99. The van der Waals surface area contributed by atoms with Gasteiger partial charge in [-0.15, -0.1) is 0 Å². The van der Waals surface area contributed by atoms with E-state index in [9.17, 15) is 10.1 Å². The second-order valence-electron chi connectivity index (χ2n) is 6.84. The number of rotatable bonds is 5. The van der Waals surface area contributed by atoms with Gasteiger partial charge in [0.05, 0.1) is 17.4 Å². The summed E-state index contributed by atoms with van der Waals surface area (Å²) in [5.74, 6) is 0.888. The van der Waals surface area contributed by atoms with Crippen LogP contribution in [0.1, 0.15) is 52.0 Å². The number of hydrogen-bond acceptors (Lipinski definition) is 4. The zero-order valence-corrected chi connectivity index (χ0v) is 14.9. The Kier molecular flexibility index (Phi) is 5.84. The summed E-state index contributed by atoms with van der Waals surface area (Å²) in [6.07, 6.45) is 3.51. The summed E-state index contributed by atoms with van der Waals surface area (Å²) in [4.78, 5) is 12.8. The van der Waals surface area contributed by atoms with Crippen molar-refractivity contribution in [2.75, 3.05) is 12.4 Å². The van der Waals surface area contributed by atoms with Gasteiger partial charge in [-0.3, -0.25) is 4.79 Å². The lowest BCUT2D eigenvalue weighted by Crippen LogP contribution is -2.48. The van der Waals surface area contributed by atoms with Crippen LogP contribution in [0.3, 0.4) is 0 Å². The highest BCUT2D eigenvalue weighted by atomic mass is 16.5. The van der Waals surface area contributed by atoms with E-state index in [2.05, 4.69) is 18.3 Å². The molecular weight excluding hydrogens is 304 g/mol. The first-order valence-electron chi connectivity index (χ1n) is 8.47. The number of carbonyl (C=O) groups is 1. The number of methoxy groups -OCH3 is 1. The van der Waals surface area contributed by atoms with Crippen molar-refractivity contribution in [3.05, 3.63) is 23.8 Å². The molecule has 1 aliphatic rings. The number of carbonyl (C=O) groups excluding carboxylic acids is 1. The summed E-state index contributed by atoms with van der Waals surface area (Å²) in [6, 6.07) is 7.25. The van der Waals surface area contributed by atoms with Crippen molar-refractivity contribution in [1.82, 2.24) is 0 Å². The van der Waals surface area contributed by atoms with Crippen LogP contribution in [0.15, 0.2) is 18.2 Å². The molecule has 0 bridgehead atoms. The Balaban J connectivity index is 2.20. The van der Waals surface area contributed by atoms with E-state index in [0.29, 0.717) is 35.8 Å². The predicted molar refractivity (Wildman–Crippen MR) is 92.9 cm³/mol. The highest BCUT2D eigenvalue weighted by molar-refractivity contribution is 5.98. The Morgan fingerprint density at radius 3 is 2.79 bits per heavy atom. The lowest BCUT2D eigenvalue weighted by atomic mass is 9.78. The quantitative estimate of drug-likeness (QED) is 0.889. The molecular formula is C19H26N2O3. The molecule has 1 amide bonds. The van der Waals surface area contributed by atoms with E-state index in [1.807, 2.05) is 13.8 Å². The number of benzene rings is 1. The molecule has 130 valence electrons. The van der Waals surface area contributed by atoms with Crippen LogP contribution < -0.4 is 10.1 Å². The van der Waals surface area contributed by atoms with Crippen LogP contribution >= 0.6 is 0 Å². The number of nitriles is 1. The molecule has 5 nitrogen and oxygen atoms in total. The van der Waals surface area contributed by atoms with E-state index in [-0.39, 0.29) is 12.0 Å². The van der Waals surface area contributed by atoms with Gasteiger partial charge in [0.25, 0.3) is 5.91 Å². The topological polar surface area (TPSA) is 71.3 Å². The van der Waals surface area contributed by atoms with Gasteiger partial charge in [0, 0.05) is 13.2 Å². The van der Waals surface area contributed by atoms with Gasteiger partial charge in [0.1, 0.15) is 17.4 Å². The highest BCUT2D eigenvalue weighted by Crippen LogP contribution is 2.36. The zero-order chi connectivity index (χ0) is 17.7. The Bertz CT molecular complexity index is 636. The summed E-state index contributed by atoms with van der Waals surface area (Å²) < 4.78 is 11.2. The summed E-state index contributed by atoms with van der Waals surface area (Å²) in [5.41, 5.74) is 0.0715. The maximum atomic E-state index is 12.8. The predicted octanol–water partition coefficient (Wildman–Crippen LogP) is 3.88. The third kappa shape index (κ3) is 4.07. The third-order valence-electron chi connectivity index (χ3n) is 4.49. The van der Waals surface area contributed by atoms with E-state index >= 15 is 0 Å². The molecule has 1 saturated carbocycles. The summed E-state index contributed by atoms with van der Waals surface area (Å²) in [7, 11) is 1.59. The average molecular weight is 330 g/mol. The first-order chi connectivity index (χ1) is 11.4. The fourth-order valence-corrected chi connectivity index (χ4v) is 3.29. The molecule has 1 N–H and O–H groups in total. The second kappa shape index (κ2) is 7.67. The Labute approximate surface area is 144 Å². The first kappa shape index (κ1) is 18.3. The number of ether oxygens (including phenoxy) is 2. The molecule has 0 radical (unpaired) electrons. The maximum Gasteiger partial charge on any atom is 0.256 e. The molecule has 0 aliphatic heterocycles. The van der Waals surface area contributed by atoms with Gasteiger partial charge in [-0.1, -0.05) is 13.3 Å². The number of hydrogen-bond donors (Lipinski definition) is 1. The minimum Gasteiger partial charge on any atom is -0.491 e. The first-order valence-corrected chi connectivity index (χ1v) is 8.47. The van der Waals surface area contributed by atoms with Gasteiger partial charge in [0.2, 0.25) is 0 Å². The van der Waals surface area contributed by atoms with Crippen LogP contribution in [0.4, 0.5) is 5.69 Å². The van der Waals surface area contributed by atoms with Crippen molar-refractivity contribution in [3.63, 3.8) is 0 Å². The fourth-order valence-electron chi connectivity index (χ4n) is 3.29. The number of amides is 1. The van der Waals surface area contributed by atoms with Crippen molar-refractivity contribution < 1.29 is 14.3 Å². The monoisotopic (exact) mass is 330 g/mol. The van der Waals surface area contributed by atoms with Gasteiger partial charge in [-0.25, -0.2) is 0 Å². The van der Waals surface area contributed by atoms with Crippen LogP contribution in [0, 0.1) is 17.2 Å². The second-order valence-corrected chi connectivity index (χ2v) is 6.84. The van der Waals surface area contributed by atoms with Crippen molar-refractivity contribution in [1.29, 1.82) is 5.26 Å². The molecule has 1 fully saturated rings. The minimum absolute atomic E-state index is 0.0254. The average Bonchev–Trinajstić information content (AvgIpc) is 2.55. The molecule has 5 heteroatoms. The van der Waals surface area contributed by atoms with Gasteiger partial charge < -0.3 is 14.8 Å². The van der Waals surface area contributed by atoms with Crippen LogP contribution in [-0.2, 0) is 9.53 Å². The zero-order valence-electron chi connectivity index (χ0n) is 14.9. The third-order valence-corrected chi connectivity index (χ3v) is 4.49. The Morgan fingerprint density at radius 2 is 2.21 bits per heavy atom. The molecule has 1 aromatic rings.